The number of nitrogens with one attached hydrogen (secondary N) is 1. The van der Waals surface area contributed by atoms with Crippen LogP contribution in [0, 0.1) is 0 Å². The number of hydrogen-bond donors (Lipinski definition) is 3. The maximum atomic E-state index is 11.9. The summed E-state index contributed by atoms with van der Waals surface area (Å²) < 4.78 is 32.0. The highest BCUT2D eigenvalue weighted by Gasteiger charge is 2.13. The van der Waals surface area contributed by atoms with E-state index >= 15 is 0 Å². The van der Waals surface area contributed by atoms with Crippen LogP contribution >= 0.6 is 15.9 Å². The van der Waals surface area contributed by atoms with Crippen molar-refractivity contribution < 1.29 is 18.4 Å². The second-order valence-electron chi connectivity index (χ2n) is 4.52. The van der Waals surface area contributed by atoms with E-state index in [4.69, 9.17) is 15.7 Å². The minimum atomic E-state index is -3.51. The van der Waals surface area contributed by atoms with Crippen molar-refractivity contribution in [3.8, 4) is 0 Å². The van der Waals surface area contributed by atoms with Crippen molar-refractivity contribution in [3.63, 3.8) is 0 Å². The zero-order chi connectivity index (χ0) is 16.0. The number of sulfonamides is 1. The zero-order valence-electron chi connectivity index (χ0n) is 11.7. The van der Waals surface area contributed by atoms with Gasteiger partial charge in [0, 0.05) is 10.0 Å². The number of benzene rings is 1. The van der Waals surface area contributed by atoms with Crippen molar-refractivity contribution in [2.24, 2.45) is 10.9 Å². The smallest absolute Gasteiger partial charge is 0.235 e. The maximum Gasteiger partial charge on any atom is 0.235 e. The van der Waals surface area contributed by atoms with Crippen LogP contribution in [0.3, 0.4) is 0 Å². The minimum Gasteiger partial charge on any atom is -0.409 e. The third-order valence-electron chi connectivity index (χ3n) is 2.44. The molecule has 7 nitrogen and oxygen atoms in total. The fourth-order valence-electron chi connectivity index (χ4n) is 1.43. The Morgan fingerprint density at radius 2 is 2.19 bits per heavy atom. The fraction of sp³-hybridized carbons (Fsp3) is 0.417. The molecule has 0 aliphatic carbocycles. The second-order valence-corrected chi connectivity index (χ2v) is 7.22. The van der Waals surface area contributed by atoms with Crippen LogP contribution in [0.2, 0.25) is 0 Å². The van der Waals surface area contributed by atoms with Gasteiger partial charge >= 0.3 is 0 Å². The van der Waals surface area contributed by atoms with Gasteiger partial charge < -0.3 is 15.7 Å². The van der Waals surface area contributed by atoms with Crippen LogP contribution in [0.4, 0.5) is 5.69 Å². The molecule has 0 unspecified atom stereocenters. The minimum absolute atomic E-state index is 0.0213. The first-order valence-corrected chi connectivity index (χ1v) is 8.59. The van der Waals surface area contributed by atoms with E-state index in [0.717, 1.165) is 0 Å². The predicted molar refractivity (Wildman–Crippen MR) is 85.2 cm³/mol. The van der Waals surface area contributed by atoms with Gasteiger partial charge in [-0.2, -0.15) is 0 Å². The normalized spacial score (nSPS) is 12.7. The van der Waals surface area contributed by atoms with Crippen LogP contribution in [0.5, 0.6) is 0 Å². The van der Waals surface area contributed by atoms with Crippen LogP contribution in [0.25, 0.3) is 0 Å². The van der Waals surface area contributed by atoms with Gasteiger partial charge in [0.1, 0.15) is 0 Å². The predicted octanol–water partition coefficient (Wildman–Crippen LogP) is 1.71. The topological polar surface area (TPSA) is 114 Å². The maximum absolute atomic E-state index is 11.9. The Balaban J connectivity index is 2.79. The Kier molecular flexibility index (Phi) is 6.43. The molecule has 0 saturated carbocycles. The van der Waals surface area contributed by atoms with Crippen LogP contribution in [0.1, 0.15) is 19.4 Å². The molecular formula is C12H18BrN3O4S. The molecule has 21 heavy (non-hydrogen) atoms. The monoisotopic (exact) mass is 379 g/mol. The Morgan fingerprint density at radius 1 is 1.52 bits per heavy atom. The van der Waals surface area contributed by atoms with Gasteiger partial charge in [-0.25, -0.2) is 8.42 Å². The summed E-state index contributed by atoms with van der Waals surface area (Å²) in [5, 5.41) is 11.5. The third-order valence-corrected chi connectivity index (χ3v) is 4.33. The first-order chi connectivity index (χ1) is 9.75. The molecule has 9 heteroatoms. The summed E-state index contributed by atoms with van der Waals surface area (Å²) in [6, 6.07) is 4.62. The Labute approximate surface area is 132 Å². The highest BCUT2D eigenvalue weighted by molar-refractivity contribution is 9.10. The number of rotatable bonds is 7. The van der Waals surface area contributed by atoms with Crippen molar-refractivity contribution in [2.45, 2.75) is 20.0 Å². The molecule has 0 fully saturated rings. The molecule has 0 saturated heterocycles. The van der Waals surface area contributed by atoms with Crippen LogP contribution < -0.4 is 10.5 Å². The molecule has 0 aliphatic rings. The van der Waals surface area contributed by atoms with Gasteiger partial charge in [0.2, 0.25) is 10.0 Å². The van der Waals surface area contributed by atoms with Gasteiger partial charge in [-0.1, -0.05) is 5.16 Å². The van der Waals surface area contributed by atoms with Gasteiger partial charge in [0.25, 0.3) is 0 Å². The van der Waals surface area contributed by atoms with Crippen LogP contribution in [0.15, 0.2) is 27.8 Å². The average Bonchev–Trinajstić information content (AvgIpc) is 2.39. The lowest BCUT2D eigenvalue weighted by atomic mass is 10.2. The van der Waals surface area contributed by atoms with E-state index in [-0.39, 0.29) is 24.3 Å². The summed E-state index contributed by atoms with van der Waals surface area (Å²) >= 11 is 3.24. The summed E-state index contributed by atoms with van der Waals surface area (Å²) in [6.45, 7) is 3.79. The third kappa shape index (κ3) is 5.90. The molecule has 118 valence electrons. The van der Waals surface area contributed by atoms with Gasteiger partial charge in [0.05, 0.1) is 24.2 Å². The number of nitrogens with two attached hydrogens (primary N) is 1. The zero-order valence-corrected chi connectivity index (χ0v) is 14.1. The first kappa shape index (κ1) is 17.7. The summed E-state index contributed by atoms with van der Waals surface area (Å²) in [5.74, 6) is -0.199. The van der Waals surface area contributed by atoms with Gasteiger partial charge in [-0.15, -0.1) is 0 Å². The van der Waals surface area contributed by atoms with Crippen LogP contribution in [-0.4, -0.2) is 37.9 Å². The molecule has 0 bridgehead atoms. The average molecular weight is 380 g/mol. The SMILES string of the molecule is CC(C)OCCS(=O)(=O)Nc1ccc(/C(N)=N/O)cc1Br. The lowest BCUT2D eigenvalue weighted by Crippen LogP contribution is -2.22. The second kappa shape index (κ2) is 7.62. The van der Waals surface area contributed by atoms with Crippen molar-refractivity contribution in [3.05, 3.63) is 28.2 Å². The largest absolute Gasteiger partial charge is 0.409 e. The molecule has 1 rings (SSSR count). The van der Waals surface area contributed by atoms with Crippen molar-refractivity contribution in [2.75, 3.05) is 17.1 Å². The molecule has 0 atom stereocenters. The lowest BCUT2D eigenvalue weighted by molar-refractivity contribution is 0.0913. The Hall–Kier alpha value is -1.32. The van der Waals surface area contributed by atoms with Gasteiger partial charge in [0.15, 0.2) is 5.84 Å². The van der Waals surface area contributed by atoms with Crippen molar-refractivity contribution in [1.29, 1.82) is 0 Å². The molecule has 1 aromatic carbocycles. The van der Waals surface area contributed by atoms with E-state index in [2.05, 4.69) is 25.8 Å². The van der Waals surface area contributed by atoms with Gasteiger partial charge in [-0.05, 0) is 48.0 Å². The van der Waals surface area contributed by atoms with Gasteiger partial charge in [-0.3, -0.25) is 4.72 Å². The Morgan fingerprint density at radius 3 is 2.71 bits per heavy atom. The molecule has 0 aromatic heterocycles. The molecule has 0 radical (unpaired) electrons. The van der Waals surface area contributed by atoms with E-state index in [1.54, 1.807) is 12.1 Å². The number of hydrogen-bond acceptors (Lipinski definition) is 5. The summed E-state index contributed by atoms with van der Waals surface area (Å²) in [4.78, 5) is 0. The summed E-state index contributed by atoms with van der Waals surface area (Å²) in [6.07, 6.45) is -0.0213. The number of amidine groups is 1. The molecular weight excluding hydrogens is 362 g/mol. The highest BCUT2D eigenvalue weighted by atomic mass is 79.9. The molecule has 4 N–H and O–H groups in total. The van der Waals surface area contributed by atoms with E-state index in [9.17, 15) is 8.42 Å². The van der Waals surface area contributed by atoms with E-state index in [1.165, 1.54) is 6.07 Å². The molecule has 1 aromatic rings. The fourth-order valence-corrected chi connectivity index (χ4v) is 2.97. The standard InChI is InChI=1S/C12H18BrN3O4S/c1-8(2)20-5-6-21(18,19)16-11-4-3-9(7-10(11)13)12(14)15-17/h3-4,7-8,16-17H,5-6H2,1-2H3,(H2,14,15). The highest BCUT2D eigenvalue weighted by Crippen LogP contribution is 2.24. The number of oxime groups is 1. The summed E-state index contributed by atoms with van der Waals surface area (Å²) in [7, 11) is -3.51. The van der Waals surface area contributed by atoms with E-state index in [1.807, 2.05) is 13.8 Å². The van der Waals surface area contributed by atoms with E-state index < -0.39 is 10.0 Å². The molecule has 0 amide bonds. The van der Waals surface area contributed by atoms with E-state index in [0.29, 0.717) is 15.7 Å². The summed E-state index contributed by atoms with van der Waals surface area (Å²) in [5.41, 5.74) is 6.30. The number of halogens is 1. The number of anilines is 1. The van der Waals surface area contributed by atoms with Crippen LogP contribution in [-0.2, 0) is 14.8 Å². The molecule has 0 heterocycles. The molecule has 0 aliphatic heterocycles. The Bertz CT molecular complexity index is 617. The van der Waals surface area contributed by atoms with Crippen molar-refractivity contribution >= 4 is 37.5 Å². The molecule has 0 spiro atoms. The number of nitrogens with zero attached hydrogens (tertiary/aromatic N) is 1. The van der Waals surface area contributed by atoms with Crippen molar-refractivity contribution in [1.82, 2.24) is 0 Å². The number of ether oxygens (including phenoxy) is 1. The quantitative estimate of drug-likeness (QED) is 0.288. The first-order valence-electron chi connectivity index (χ1n) is 6.14. The lowest BCUT2D eigenvalue weighted by Gasteiger charge is -2.12.